The highest BCUT2D eigenvalue weighted by Crippen LogP contribution is 2.29. The Morgan fingerprint density at radius 1 is 1.00 bits per heavy atom. The van der Waals surface area contributed by atoms with Crippen LogP contribution in [0.5, 0.6) is 0 Å². The highest BCUT2D eigenvalue weighted by Gasteiger charge is 2.45. The van der Waals surface area contributed by atoms with E-state index in [1.807, 2.05) is 11.3 Å². The lowest BCUT2D eigenvalue weighted by molar-refractivity contribution is 0.0580. The number of nitrogens with zero attached hydrogens (tertiary/aromatic N) is 3. The van der Waals surface area contributed by atoms with Crippen molar-refractivity contribution in [1.29, 1.82) is 0 Å². The fraction of sp³-hybridized carbons (Fsp3) is 0.765. The minimum absolute atomic E-state index is 0.165. The first-order valence-electron chi connectivity index (χ1n) is 8.95. The molecule has 0 radical (unpaired) electrons. The van der Waals surface area contributed by atoms with Crippen molar-refractivity contribution in [2.24, 2.45) is 0 Å². The second-order valence-electron chi connectivity index (χ2n) is 7.51. The Morgan fingerprint density at radius 2 is 1.67 bits per heavy atom. The summed E-state index contributed by atoms with van der Waals surface area (Å²) in [5.41, 5.74) is 0. The molecule has 2 atom stereocenters. The van der Waals surface area contributed by atoms with Gasteiger partial charge in [0.2, 0.25) is 0 Å². The highest BCUT2D eigenvalue weighted by molar-refractivity contribution is 7.91. The number of rotatable bonds is 4. The number of thiophene rings is 1. The van der Waals surface area contributed by atoms with Crippen molar-refractivity contribution in [3.8, 4) is 0 Å². The van der Waals surface area contributed by atoms with E-state index in [9.17, 15) is 8.42 Å². The Hall–Kier alpha value is -0.470. The molecule has 1 aromatic rings. The molecule has 1 aromatic heterocycles. The monoisotopic (exact) mass is 369 g/mol. The number of hydrogen-bond acceptors (Lipinski definition) is 6. The molecule has 0 saturated carbocycles. The van der Waals surface area contributed by atoms with Gasteiger partial charge in [-0.15, -0.1) is 11.3 Å². The number of hydrogen-bond donors (Lipinski definition) is 0. The van der Waals surface area contributed by atoms with Gasteiger partial charge < -0.3 is 0 Å². The van der Waals surface area contributed by atoms with E-state index in [1.165, 1.54) is 35.7 Å². The van der Waals surface area contributed by atoms with Crippen molar-refractivity contribution in [2.45, 2.75) is 38.0 Å². The third-order valence-electron chi connectivity index (χ3n) is 5.72. The predicted molar refractivity (Wildman–Crippen MR) is 98.1 cm³/mol. The van der Waals surface area contributed by atoms with E-state index >= 15 is 0 Å². The van der Waals surface area contributed by atoms with Crippen LogP contribution in [0.1, 0.15) is 22.6 Å². The average molecular weight is 370 g/mol. The summed E-state index contributed by atoms with van der Waals surface area (Å²) < 4.78 is 24.2. The van der Waals surface area contributed by atoms with E-state index in [1.54, 1.807) is 0 Å². The molecule has 0 bridgehead atoms. The average Bonchev–Trinajstić information content (AvgIpc) is 3.23. The molecule has 3 fully saturated rings. The first kappa shape index (κ1) is 17.0. The first-order chi connectivity index (χ1) is 11.5. The molecule has 4 rings (SSSR count). The molecule has 7 heteroatoms. The van der Waals surface area contributed by atoms with Crippen LogP contribution in [0.2, 0.25) is 0 Å². The molecule has 3 aliphatic heterocycles. The SMILES string of the molecule is CN1CCN(Cc2ccc(CN3CCCC3)s2)[C@H]2CS(=O)(=O)C[C@H]21. The molecule has 0 N–H and O–H groups in total. The summed E-state index contributed by atoms with van der Waals surface area (Å²) >= 11 is 1.90. The van der Waals surface area contributed by atoms with Crippen molar-refractivity contribution in [2.75, 3.05) is 44.7 Å². The zero-order chi connectivity index (χ0) is 16.7. The number of fused-ring (bicyclic) bond motifs is 1. The minimum Gasteiger partial charge on any atom is -0.300 e. The molecule has 5 nitrogen and oxygen atoms in total. The Labute approximate surface area is 149 Å². The van der Waals surface area contributed by atoms with Gasteiger partial charge in [0, 0.05) is 48.0 Å². The first-order valence-corrected chi connectivity index (χ1v) is 11.6. The largest absolute Gasteiger partial charge is 0.300 e. The van der Waals surface area contributed by atoms with Gasteiger partial charge in [-0.25, -0.2) is 8.42 Å². The molecule has 0 amide bonds. The maximum absolute atomic E-state index is 12.1. The van der Waals surface area contributed by atoms with Crippen molar-refractivity contribution in [1.82, 2.24) is 14.7 Å². The van der Waals surface area contributed by atoms with Crippen molar-refractivity contribution in [3.63, 3.8) is 0 Å². The quantitative estimate of drug-likeness (QED) is 0.799. The van der Waals surface area contributed by atoms with Crippen LogP contribution in [0.25, 0.3) is 0 Å². The number of likely N-dealkylation sites (tertiary alicyclic amines) is 1. The van der Waals surface area contributed by atoms with E-state index in [0.29, 0.717) is 11.5 Å². The Kier molecular flexibility index (Phi) is 4.73. The summed E-state index contributed by atoms with van der Waals surface area (Å²) in [7, 11) is -0.819. The molecule has 0 aromatic carbocycles. The summed E-state index contributed by atoms with van der Waals surface area (Å²) in [4.78, 5) is 9.98. The highest BCUT2D eigenvalue weighted by atomic mass is 32.2. The summed E-state index contributed by atoms with van der Waals surface area (Å²) in [6.45, 7) is 6.36. The number of piperazine rings is 1. The molecule has 4 heterocycles. The van der Waals surface area contributed by atoms with Gasteiger partial charge in [-0.3, -0.25) is 14.7 Å². The molecule has 0 spiro atoms. The van der Waals surface area contributed by atoms with E-state index in [-0.39, 0.29) is 12.1 Å². The van der Waals surface area contributed by atoms with Crippen LogP contribution in [0.3, 0.4) is 0 Å². The molecule has 0 unspecified atom stereocenters. The second-order valence-corrected chi connectivity index (χ2v) is 10.9. The molecule has 3 aliphatic rings. The number of likely N-dealkylation sites (N-methyl/N-ethyl adjacent to an activating group) is 1. The molecule has 3 saturated heterocycles. The van der Waals surface area contributed by atoms with E-state index in [4.69, 9.17) is 0 Å². The maximum atomic E-state index is 12.1. The lowest BCUT2D eigenvalue weighted by atomic mass is 10.1. The van der Waals surface area contributed by atoms with Crippen LogP contribution in [0.15, 0.2) is 12.1 Å². The minimum atomic E-state index is -2.88. The van der Waals surface area contributed by atoms with Crippen LogP contribution in [0.4, 0.5) is 0 Å². The summed E-state index contributed by atoms with van der Waals surface area (Å²) in [6, 6.07) is 4.84. The fourth-order valence-electron chi connectivity index (χ4n) is 4.35. The normalized spacial score (nSPS) is 31.5. The van der Waals surface area contributed by atoms with Crippen LogP contribution in [-0.2, 0) is 22.9 Å². The van der Waals surface area contributed by atoms with Gasteiger partial charge in [0.25, 0.3) is 0 Å². The van der Waals surface area contributed by atoms with Crippen LogP contribution in [0, 0.1) is 0 Å². The Morgan fingerprint density at radius 3 is 2.42 bits per heavy atom. The lowest BCUT2D eigenvalue weighted by Gasteiger charge is -2.42. The van der Waals surface area contributed by atoms with Crippen LogP contribution >= 0.6 is 11.3 Å². The third-order valence-corrected chi connectivity index (χ3v) is 8.48. The fourth-order valence-corrected chi connectivity index (χ4v) is 7.52. The summed E-state index contributed by atoms with van der Waals surface area (Å²) in [6.07, 6.45) is 2.66. The zero-order valence-corrected chi connectivity index (χ0v) is 16.0. The predicted octanol–water partition coefficient (Wildman–Crippen LogP) is 1.26. The molecule has 24 heavy (non-hydrogen) atoms. The molecule has 134 valence electrons. The topological polar surface area (TPSA) is 43.9 Å². The molecule has 0 aliphatic carbocycles. The van der Waals surface area contributed by atoms with Gasteiger partial charge in [0.15, 0.2) is 9.84 Å². The Bertz CT molecular complexity index is 682. The second kappa shape index (κ2) is 6.68. The standard InChI is InChI=1S/C17H27N3O2S2/c1-18-8-9-20(17-13-24(21,22)12-16(17)18)11-15-5-4-14(23-15)10-19-6-2-3-7-19/h4-5,16-17H,2-3,6-13H2,1H3/t16-,17+/m1/s1. The summed E-state index contributed by atoms with van der Waals surface area (Å²) in [5.74, 6) is 0.656. The number of sulfone groups is 1. The van der Waals surface area contributed by atoms with E-state index in [0.717, 1.165) is 26.2 Å². The van der Waals surface area contributed by atoms with E-state index < -0.39 is 9.84 Å². The van der Waals surface area contributed by atoms with Crippen molar-refractivity contribution in [3.05, 3.63) is 21.9 Å². The smallest absolute Gasteiger partial charge is 0.153 e. The zero-order valence-electron chi connectivity index (χ0n) is 14.4. The van der Waals surface area contributed by atoms with Gasteiger partial charge in [-0.2, -0.15) is 0 Å². The van der Waals surface area contributed by atoms with Gasteiger partial charge in [-0.05, 0) is 45.1 Å². The van der Waals surface area contributed by atoms with Gasteiger partial charge >= 0.3 is 0 Å². The third kappa shape index (κ3) is 3.55. The van der Waals surface area contributed by atoms with Gasteiger partial charge in [0.1, 0.15) is 0 Å². The van der Waals surface area contributed by atoms with Crippen LogP contribution < -0.4 is 0 Å². The van der Waals surface area contributed by atoms with Crippen molar-refractivity contribution < 1.29 is 8.42 Å². The lowest BCUT2D eigenvalue weighted by Crippen LogP contribution is -2.57. The van der Waals surface area contributed by atoms with Crippen molar-refractivity contribution >= 4 is 21.2 Å². The van der Waals surface area contributed by atoms with Gasteiger partial charge in [-0.1, -0.05) is 0 Å². The molecular weight excluding hydrogens is 342 g/mol. The van der Waals surface area contributed by atoms with Crippen LogP contribution in [-0.4, -0.2) is 79.9 Å². The molecular formula is C17H27N3O2S2. The van der Waals surface area contributed by atoms with Gasteiger partial charge in [0.05, 0.1) is 11.5 Å². The maximum Gasteiger partial charge on any atom is 0.153 e. The van der Waals surface area contributed by atoms with E-state index in [2.05, 4.69) is 33.9 Å². The Balaban J connectivity index is 1.42. The summed E-state index contributed by atoms with van der Waals surface area (Å²) in [5, 5.41) is 0.